The fourth-order valence-electron chi connectivity index (χ4n) is 3.98. The van der Waals surface area contributed by atoms with E-state index in [1.165, 1.54) is 18.9 Å². The third-order valence-electron chi connectivity index (χ3n) is 5.80. The summed E-state index contributed by atoms with van der Waals surface area (Å²) in [6, 6.07) is 20.4. The van der Waals surface area contributed by atoms with Crippen LogP contribution in [0.25, 0.3) is 27.6 Å². The first-order valence-corrected chi connectivity index (χ1v) is 12.2. The van der Waals surface area contributed by atoms with Gasteiger partial charge in [0.2, 0.25) is 5.91 Å². The number of carbonyl (C=O) groups is 1. The number of carbonyl (C=O) groups excluding carboxylic acids is 1. The molecule has 0 saturated heterocycles. The monoisotopic (exact) mass is 500 g/mol. The largest absolute Gasteiger partial charge is 0.497 e. The number of hydrogen-bond acceptors (Lipinski definition) is 6. The van der Waals surface area contributed by atoms with Gasteiger partial charge in [-0.3, -0.25) is 14.2 Å². The standard InChI is InChI=1S/C27H24N4O4S/c1-16-8-10-17(11-9-16)31-26(33)25-24(19-6-4-5-7-20(19)29-25)30-27(31)36-15-23(32)28-21-13-12-18(34-2)14-22(21)35-3/h4-14,29H,15H2,1-3H3,(H,28,32). The van der Waals surface area contributed by atoms with Crippen molar-refractivity contribution in [1.29, 1.82) is 0 Å². The molecule has 0 radical (unpaired) electrons. The highest BCUT2D eigenvalue weighted by molar-refractivity contribution is 7.99. The molecule has 0 aliphatic carbocycles. The third-order valence-corrected chi connectivity index (χ3v) is 6.74. The zero-order valence-corrected chi connectivity index (χ0v) is 20.8. The zero-order chi connectivity index (χ0) is 25.2. The first-order chi connectivity index (χ1) is 17.5. The predicted octanol–water partition coefficient (Wildman–Crippen LogP) is 4.92. The van der Waals surface area contributed by atoms with Crippen molar-refractivity contribution in [3.63, 3.8) is 0 Å². The van der Waals surface area contributed by atoms with Crippen LogP contribution in [0.5, 0.6) is 11.5 Å². The maximum absolute atomic E-state index is 13.6. The van der Waals surface area contributed by atoms with E-state index in [4.69, 9.17) is 14.5 Å². The molecule has 2 aromatic heterocycles. The van der Waals surface area contributed by atoms with E-state index in [2.05, 4.69) is 10.3 Å². The maximum atomic E-state index is 13.6. The molecule has 2 N–H and O–H groups in total. The number of H-pyrrole nitrogens is 1. The molecule has 0 atom stereocenters. The second kappa shape index (κ2) is 9.79. The molecule has 0 fully saturated rings. The number of fused-ring (bicyclic) bond motifs is 3. The quantitative estimate of drug-likeness (QED) is 0.243. The molecule has 5 rings (SSSR count). The Kier molecular flexibility index (Phi) is 6.39. The summed E-state index contributed by atoms with van der Waals surface area (Å²) in [6.07, 6.45) is 0. The first-order valence-electron chi connectivity index (χ1n) is 11.2. The van der Waals surface area contributed by atoms with Crippen molar-refractivity contribution < 1.29 is 14.3 Å². The predicted molar refractivity (Wildman–Crippen MR) is 143 cm³/mol. The van der Waals surface area contributed by atoms with Crippen LogP contribution in [0.1, 0.15) is 5.56 Å². The molecule has 0 aliphatic rings. The Balaban J connectivity index is 1.51. The summed E-state index contributed by atoms with van der Waals surface area (Å²) in [5.74, 6) is 0.897. The normalized spacial score (nSPS) is 11.1. The van der Waals surface area contributed by atoms with Gasteiger partial charge in [0.05, 0.1) is 31.3 Å². The average Bonchev–Trinajstić information content (AvgIpc) is 3.27. The molecule has 5 aromatic rings. The fourth-order valence-corrected chi connectivity index (χ4v) is 4.78. The van der Waals surface area contributed by atoms with E-state index in [0.29, 0.717) is 39.1 Å². The number of amides is 1. The summed E-state index contributed by atoms with van der Waals surface area (Å²) < 4.78 is 12.1. The number of ether oxygens (including phenoxy) is 2. The Labute approximate surface area is 211 Å². The number of aromatic amines is 1. The molecule has 3 aromatic carbocycles. The molecular formula is C27H24N4O4S. The Hall–Kier alpha value is -4.24. The molecule has 8 nitrogen and oxygen atoms in total. The second-order valence-corrected chi connectivity index (χ2v) is 9.11. The highest BCUT2D eigenvalue weighted by atomic mass is 32.2. The van der Waals surface area contributed by atoms with Crippen LogP contribution < -0.4 is 20.3 Å². The number of aryl methyl sites for hydroxylation is 1. The second-order valence-electron chi connectivity index (χ2n) is 8.17. The molecule has 182 valence electrons. The summed E-state index contributed by atoms with van der Waals surface area (Å²) in [4.78, 5) is 34.5. The molecular weight excluding hydrogens is 476 g/mol. The van der Waals surface area contributed by atoms with Gasteiger partial charge in [-0.15, -0.1) is 0 Å². The lowest BCUT2D eigenvalue weighted by atomic mass is 10.2. The number of benzene rings is 3. The Morgan fingerprint density at radius 1 is 1.06 bits per heavy atom. The lowest BCUT2D eigenvalue weighted by molar-refractivity contribution is -0.113. The van der Waals surface area contributed by atoms with E-state index < -0.39 is 0 Å². The molecule has 0 saturated carbocycles. The van der Waals surface area contributed by atoms with Crippen molar-refractivity contribution in [2.24, 2.45) is 0 Å². The van der Waals surface area contributed by atoms with E-state index in [9.17, 15) is 9.59 Å². The van der Waals surface area contributed by atoms with Gasteiger partial charge in [0.25, 0.3) is 5.56 Å². The van der Waals surface area contributed by atoms with Gasteiger partial charge in [0.15, 0.2) is 5.16 Å². The summed E-state index contributed by atoms with van der Waals surface area (Å²) in [6.45, 7) is 1.99. The Bertz CT molecular complexity index is 1640. The minimum absolute atomic E-state index is 0.0430. The van der Waals surface area contributed by atoms with Crippen LogP contribution in [0.4, 0.5) is 5.69 Å². The molecule has 0 unspecified atom stereocenters. The van der Waals surface area contributed by atoms with Crippen molar-refractivity contribution in [3.8, 4) is 17.2 Å². The average molecular weight is 501 g/mol. The first kappa shape index (κ1) is 23.5. The number of para-hydroxylation sites is 1. The number of nitrogens with one attached hydrogen (secondary N) is 2. The van der Waals surface area contributed by atoms with E-state index in [1.807, 2.05) is 55.5 Å². The molecule has 1 amide bonds. The number of nitrogens with zero attached hydrogens (tertiary/aromatic N) is 2. The van der Waals surface area contributed by atoms with Crippen molar-refractivity contribution in [2.45, 2.75) is 12.1 Å². The SMILES string of the molecule is COc1ccc(NC(=O)CSc2nc3c([nH]c4ccccc43)c(=O)n2-c2ccc(C)cc2)c(OC)c1. The number of aromatic nitrogens is 3. The minimum Gasteiger partial charge on any atom is -0.497 e. The smallest absolute Gasteiger partial charge is 0.283 e. The van der Waals surface area contributed by atoms with E-state index >= 15 is 0 Å². The molecule has 9 heteroatoms. The van der Waals surface area contributed by atoms with Gasteiger partial charge < -0.3 is 19.8 Å². The van der Waals surface area contributed by atoms with Gasteiger partial charge in [0.1, 0.15) is 22.5 Å². The van der Waals surface area contributed by atoms with Gasteiger partial charge in [-0.1, -0.05) is 47.7 Å². The van der Waals surface area contributed by atoms with Crippen LogP contribution in [0.2, 0.25) is 0 Å². The molecule has 0 spiro atoms. The molecule has 36 heavy (non-hydrogen) atoms. The van der Waals surface area contributed by atoms with E-state index in [1.54, 1.807) is 29.9 Å². The molecule has 2 heterocycles. The number of rotatable bonds is 7. The van der Waals surface area contributed by atoms with E-state index in [-0.39, 0.29) is 17.2 Å². The lowest BCUT2D eigenvalue weighted by Crippen LogP contribution is -2.23. The van der Waals surface area contributed by atoms with Crippen LogP contribution in [-0.4, -0.2) is 40.4 Å². The summed E-state index contributed by atoms with van der Waals surface area (Å²) in [5, 5.41) is 4.15. The van der Waals surface area contributed by atoms with Gasteiger partial charge in [-0.2, -0.15) is 0 Å². The summed E-state index contributed by atoms with van der Waals surface area (Å²) in [7, 11) is 3.09. The zero-order valence-electron chi connectivity index (χ0n) is 20.0. The van der Waals surface area contributed by atoms with Crippen LogP contribution in [0, 0.1) is 6.92 Å². The summed E-state index contributed by atoms with van der Waals surface area (Å²) >= 11 is 1.20. The van der Waals surface area contributed by atoms with Crippen LogP contribution in [0.3, 0.4) is 0 Å². The number of methoxy groups -OCH3 is 2. The van der Waals surface area contributed by atoms with Gasteiger partial charge >= 0.3 is 0 Å². The Morgan fingerprint density at radius 3 is 2.58 bits per heavy atom. The van der Waals surface area contributed by atoms with Crippen molar-refractivity contribution in [2.75, 3.05) is 25.3 Å². The highest BCUT2D eigenvalue weighted by Gasteiger charge is 2.18. The summed E-state index contributed by atoms with van der Waals surface area (Å²) in [5.41, 5.74) is 3.90. The van der Waals surface area contributed by atoms with Crippen molar-refractivity contribution in [1.82, 2.24) is 14.5 Å². The molecule has 0 bridgehead atoms. The van der Waals surface area contributed by atoms with Crippen molar-refractivity contribution in [3.05, 3.63) is 82.6 Å². The van der Waals surface area contributed by atoms with Crippen LogP contribution >= 0.6 is 11.8 Å². The lowest BCUT2D eigenvalue weighted by Gasteiger charge is -2.13. The fraction of sp³-hybridized carbons (Fsp3) is 0.148. The molecule has 0 aliphatic heterocycles. The number of hydrogen-bond donors (Lipinski definition) is 2. The van der Waals surface area contributed by atoms with Crippen LogP contribution in [-0.2, 0) is 4.79 Å². The van der Waals surface area contributed by atoms with E-state index in [0.717, 1.165) is 16.5 Å². The number of anilines is 1. The minimum atomic E-state index is -0.257. The number of thioether (sulfide) groups is 1. The maximum Gasteiger partial charge on any atom is 0.283 e. The van der Waals surface area contributed by atoms with Gasteiger partial charge in [-0.05, 0) is 37.3 Å². The highest BCUT2D eigenvalue weighted by Crippen LogP contribution is 2.30. The van der Waals surface area contributed by atoms with Crippen molar-refractivity contribution >= 4 is 45.3 Å². The Morgan fingerprint density at radius 2 is 1.83 bits per heavy atom. The van der Waals surface area contributed by atoms with Crippen LogP contribution in [0.15, 0.2) is 76.7 Å². The topological polar surface area (TPSA) is 98.2 Å². The van der Waals surface area contributed by atoms with Gasteiger partial charge in [0, 0.05) is 17.0 Å². The van der Waals surface area contributed by atoms with Gasteiger partial charge in [-0.25, -0.2) is 4.98 Å². The third kappa shape index (κ3) is 4.40.